The Balaban J connectivity index is 2.46. The highest BCUT2D eigenvalue weighted by atomic mass is 79.9. The number of nitrogens with zero attached hydrogens (tertiary/aromatic N) is 2. The van der Waals surface area contributed by atoms with Crippen LogP contribution in [0, 0.1) is 0 Å². The van der Waals surface area contributed by atoms with Crippen LogP contribution in [-0.2, 0) is 6.54 Å². The number of hydrogen-bond donors (Lipinski definition) is 1. The second kappa shape index (κ2) is 6.03. The highest BCUT2D eigenvalue weighted by Gasteiger charge is 2.15. The number of ether oxygens (including phenoxy) is 1. The summed E-state index contributed by atoms with van der Waals surface area (Å²) in [5, 5.41) is 4.47. The topological polar surface area (TPSA) is 70.1 Å². The van der Waals surface area contributed by atoms with Crippen molar-refractivity contribution in [1.29, 1.82) is 0 Å². The molecule has 2 rings (SSSR count). The zero-order valence-electron chi connectivity index (χ0n) is 10.4. The molecule has 20 heavy (non-hydrogen) atoms. The van der Waals surface area contributed by atoms with Crippen molar-refractivity contribution in [3.8, 4) is 11.5 Å². The van der Waals surface area contributed by atoms with Crippen LogP contribution in [0.4, 0.5) is 5.69 Å². The van der Waals surface area contributed by atoms with E-state index in [0.717, 1.165) is 0 Å². The molecule has 1 aromatic carbocycles. The minimum Gasteiger partial charge on any atom is -0.451 e. The van der Waals surface area contributed by atoms with E-state index in [1.165, 1.54) is 23.0 Å². The molecule has 0 aliphatic rings. The molecule has 0 saturated heterocycles. The van der Waals surface area contributed by atoms with Crippen LogP contribution < -0.4 is 16.0 Å². The van der Waals surface area contributed by atoms with Crippen LogP contribution in [0.3, 0.4) is 0 Å². The molecule has 0 amide bonds. The first kappa shape index (κ1) is 15.2. The zero-order chi connectivity index (χ0) is 14.9. The molecule has 1 heterocycles. The summed E-state index contributed by atoms with van der Waals surface area (Å²) >= 11 is 15.2. The minimum atomic E-state index is -0.298. The molecule has 1 aromatic heterocycles. The summed E-state index contributed by atoms with van der Waals surface area (Å²) in [4.78, 5) is 11.9. The first-order chi connectivity index (χ1) is 9.43. The van der Waals surface area contributed by atoms with Crippen LogP contribution >= 0.6 is 39.1 Å². The average molecular weight is 379 g/mol. The Morgan fingerprint density at radius 1 is 1.40 bits per heavy atom. The molecular formula is C12H10BrCl2N3O2. The molecule has 8 heteroatoms. The second-order valence-electron chi connectivity index (χ2n) is 3.86. The lowest BCUT2D eigenvalue weighted by atomic mass is 10.3. The fraction of sp³-hybridized carbons (Fsp3) is 0.167. The summed E-state index contributed by atoms with van der Waals surface area (Å²) in [6.07, 6.45) is 1.41. The molecule has 0 unspecified atom stereocenters. The van der Waals surface area contributed by atoms with Gasteiger partial charge in [0.15, 0.2) is 11.5 Å². The van der Waals surface area contributed by atoms with E-state index in [1.54, 1.807) is 0 Å². The van der Waals surface area contributed by atoms with Crippen molar-refractivity contribution in [2.75, 3.05) is 5.73 Å². The summed E-state index contributed by atoms with van der Waals surface area (Å²) in [7, 11) is 0. The Kier molecular flexibility index (Phi) is 4.57. The molecule has 0 aliphatic carbocycles. The monoisotopic (exact) mass is 377 g/mol. The van der Waals surface area contributed by atoms with Gasteiger partial charge in [-0.25, -0.2) is 4.68 Å². The van der Waals surface area contributed by atoms with E-state index in [-0.39, 0.29) is 31.6 Å². The lowest BCUT2D eigenvalue weighted by molar-refractivity contribution is 0.465. The maximum Gasteiger partial charge on any atom is 0.284 e. The molecule has 0 aliphatic heterocycles. The van der Waals surface area contributed by atoms with Gasteiger partial charge in [0.2, 0.25) is 0 Å². The standard InChI is InChI=1S/C12H10BrCl2N3O2/c1-2-18-12(19)10(13)9(5-17-18)20-11-7(14)3-6(16)4-8(11)15/h3-5H,2,16H2,1H3. The van der Waals surface area contributed by atoms with Gasteiger partial charge in [0.05, 0.1) is 16.2 Å². The van der Waals surface area contributed by atoms with E-state index in [0.29, 0.717) is 12.2 Å². The molecule has 0 saturated carbocycles. The number of nitrogen functional groups attached to an aromatic ring is 1. The van der Waals surface area contributed by atoms with Crippen molar-refractivity contribution >= 4 is 44.8 Å². The van der Waals surface area contributed by atoms with E-state index in [2.05, 4.69) is 21.0 Å². The summed E-state index contributed by atoms with van der Waals surface area (Å²) in [5.74, 6) is 0.451. The number of rotatable bonds is 3. The van der Waals surface area contributed by atoms with Crippen LogP contribution in [0.1, 0.15) is 6.92 Å². The van der Waals surface area contributed by atoms with Crippen LogP contribution in [0.5, 0.6) is 11.5 Å². The predicted molar refractivity (Wildman–Crippen MR) is 82.8 cm³/mol. The predicted octanol–water partition coefficient (Wildman–Crippen LogP) is 3.71. The highest BCUT2D eigenvalue weighted by Crippen LogP contribution is 2.39. The molecule has 0 atom stereocenters. The van der Waals surface area contributed by atoms with E-state index >= 15 is 0 Å². The molecule has 0 spiro atoms. The normalized spacial score (nSPS) is 10.6. The maximum atomic E-state index is 11.9. The Hall–Kier alpha value is -1.24. The van der Waals surface area contributed by atoms with Crippen LogP contribution in [-0.4, -0.2) is 9.78 Å². The molecule has 106 valence electrons. The summed E-state index contributed by atoms with van der Waals surface area (Å²) < 4.78 is 7.11. The van der Waals surface area contributed by atoms with Gasteiger partial charge in [-0.05, 0) is 35.0 Å². The van der Waals surface area contributed by atoms with E-state index in [1.807, 2.05) is 6.92 Å². The van der Waals surface area contributed by atoms with Crippen molar-refractivity contribution in [3.05, 3.63) is 43.2 Å². The van der Waals surface area contributed by atoms with Crippen LogP contribution in [0.25, 0.3) is 0 Å². The number of nitrogens with two attached hydrogens (primary N) is 1. The number of anilines is 1. The number of benzene rings is 1. The van der Waals surface area contributed by atoms with Gasteiger partial charge in [0, 0.05) is 12.2 Å². The van der Waals surface area contributed by atoms with Crippen LogP contribution in [0.2, 0.25) is 10.0 Å². The number of halogens is 3. The molecule has 2 N–H and O–H groups in total. The van der Waals surface area contributed by atoms with E-state index < -0.39 is 0 Å². The van der Waals surface area contributed by atoms with Gasteiger partial charge in [-0.1, -0.05) is 23.2 Å². The minimum absolute atomic E-state index is 0.221. The maximum absolute atomic E-state index is 11.9. The summed E-state index contributed by atoms with van der Waals surface area (Å²) in [5.41, 5.74) is 5.74. The highest BCUT2D eigenvalue weighted by molar-refractivity contribution is 9.10. The summed E-state index contributed by atoms with van der Waals surface area (Å²) in [6, 6.07) is 3.02. The quantitative estimate of drug-likeness (QED) is 0.826. The Morgan fingerprint density at radius 3 is 2.55 bits per heavy atom. The third-order valence-electron chi connectivity index (χ3n) is 2.49. The first-order valence-electron chi connectivity index (χ1n) is 5.62. The molecule has 0 bridgehead atoms. The number of aryl methyl sites for hydroxylation is 1. The fourth-order valence-electron chi connectivity index (χ4n) is 1.53. The summed E-state index contributed by atoms with van der Waals surface area (Å²) in [6.45, 7) is 2.27. The molecule has 2 aromatic rings. The van der Waals surface area contributed by atoms with Crippen molar-refractivity contribution < 1.29 is 4.74 Å². The Morgan fingerprint density at radius 2 is 2.00 bits per heavy atom. The zero-order valence-corrected chi connectivity index (χ0v) is 13.5. The largest absolute Gasteiger partial charge is 0.451 e. The molecule has 0 fully saturated rings. The van der Waals surface area contributed by atoms with Gasteiger partial charge in [0.25, 0.3) is 5.56 Å². The van der Waals surface area contributed by atoms with E-state index in [4.69, 9.17) is 33.7 Å². The first-order valence-corrected chi connectivity index (χ1v) is 7.17. The third kappa shape index (κ3) is 2.92. The van der Waals surface area contributed by atoms with Gasteiger partial charge < -0.3 is 10.5 Å². The van der Waals surface area contributed by atoms with Gasteiger partial charge in [0.1, 0.15) is 4.47 Å². The van der Waals surface area contributed by atoms with Gasteiger partial charge >= 0.3 is 0 Å². The smallest absolute Gasteiger partial charge is 0.284 e. The van der Waals surface area contributed by atoms with Crippen LogP contribution in [0.15, 0.2) is 27.6 Å². The lowest BCUT2D eigenvalue weighted by Crippen LogP contribution is -2.22. The van der Waals surface area contributed by atoms with Crippen molar-refractivity contribution in [2.45, 2.75) is 13.5 Å². The molecular weight excluding hydrogens is 369 g/mol. The number of hydrogen-bond acceptors (Lipinski definition) is 4. The van der Waals surface area contributed by atoms with Gasteiger partial charge in [-0.15, -0.1) is 0 Å². The van der Waals surface area contributed by atoms with Gasteiger partial charge in [-0.3, -0.25) is 4.79 Å². The fourth-order valence-corrected chi connectivity index (χ4v) is 2.50. The van der Waals surface area contributed by atoms with Crippen molar-refractivity contribution in [3.63, 3.8) is 0 Å². The van der Waals surface area contributed by atoms with Gasteiger partial charge in [-0.2, -0.15) is 5.10 Å². The Labute approximate surface area is 133 Å². The average Bonchev–Trinajstić information content (AvgIpc) is 2.38. The lowest BCUT2D eigenvalue weighted by Gasteiger charge is -2.12. The van der Waals surface area contributed by atoms with Crippen molar-refractivity contribution in [2.24, 2.45) is 0 Å². The second-order valence-corrected chi connectivity index (χ2v) is 5.47. The molecule has 5 nitrogen and oxygen atoms in total. The molecule has 0 radical (unpaired) electrons. The number of aromatic nitrogens is 2. The van der Waals surface area contributed by atoms with Crippen molar-refractivity contribution in [1.82, 2.24) is 9.78 Å². The third-order valence-corrected chi connectivity index (χ3v) is 3.78. The van der Waals surface area contributed by atoms with E-state index in [9.17, 15) is 4.79 Å². The SMILES string of the molecule is CCn1ncc(Oc2c(Cl)cc(N)cc2Cl)c(Br)c1=O. The Bertz CT molecular complexity index is 695.